The molecule has 0 bridgehead atoms. The third-order valence-electron chi connectivity index (χ3n) is 3.54. The summed E-state index contributed by atoms with van der Waals surface area (Å²) in [5, 5.41) is 0. The Morgan fingerprint density at radius 1 is 1.14 bits per heavy atom. The molecule has 0 aromatic heterocycles. The molecule has 0 heterocycles. The van der Waals surface area contributed by atoms with Crippen molar-refractivity contribution in [1.82, 2.24) is 0 Å². The minimum atomic E-state index is 0.0344. The van der Waals surface area contributed by atoms with Gasteiger partial charge in [-0.05, 0) is 56.1 Å². The van der Waals surface area contributed by atoms with Gasteiger partial charge in [0.2, 0.25) is 0 Å². The van der Waals surface area contributed by atoms with Crippen LogP contribution >= 0.6 is 0 Å². The van der Waals surface area contributed by atoms with Crippen molar-refractivity contribution in [1.29, 1.82) is 0 Å². The molecule has 2 rings (SSSR count). The molecule has 0 aliphatic carbocycles. The highest BCUT2D eigenvalue weighted by molar-refractivity contribution is 6.07. The highest BCUT2D eigenvalue weighted by atomic mass is 16.2. The van der Waals surface area contributed by atoms with Crippen LogP contribution in [-0.4, -0.2) is 19.0 Å². The third-order valence-corrected chi connectivity index (χ3v) is 3.54. The van der Waals surface area contributed by atoms with Crippen molar-refractivity contribution in [3.63, 3.8) is 0 Å². The monoisotopic (exact) mass is 282 g/mol. The number of hydrogen-bond donors (Lipinski definition) is 1. The molecule has 3 heteroatoms. The molecule has 0 radical (unpaired) electrons. The van der Waals surface area contributed by atoms with Crippen molar-refractivity contribution in [2.75, 3.05) is 18.0 Å². The van der Waals surface area contributed by atoms with Crippen molar-refractivity contribution >= 4 is 11.6 Å². The first-order valence-corrected chi connectivity index (χ1v) is 7.34. The summed E-state index contributed by atoms with van der Waals surface area (Å²) in [6.07, 6.45) is 0.716. The van der Waals surface area contributed by atoms with Crippen molar-refractivity contribution in [3.8, 4) is 0 Å². The maximum absolute atomic E-state index is 12.9. The van der Waals surface area contributed by atoms with Gasteiger partial charge >= 0.3 is 0 Å². The molecule has 21 heavy (non-hydrogen) atoms. The van der Waals surface area contributed by atoms with Crippen LogP contribution in [0.1, 0.15) is 28.4 Å². The summed E-state index contributed by atoms with van der Waals surface area (Å²) >= 11 is 0. The number of nitrogens with two attached hydrogens (primary N) is 1. The first-order chi connectivity index (χ1) is 10.2. The number of carbonyl (C=O) groups excluding carboxylic acids is 1. The fourth-order valence-electron chi connectivity index (χ4n) is 2.49. The van der Waals surface area contributed by atoms with Crippen molar-refractivity contribution in [3.05, 3.63) is 65.2 Å². The van der Waals surface area contributed by atoms with Crippen LogP contribution in [0.4, 0.5) is 5.69 Å². The summed E-state index contributed by atoms with van der Waals surface area (Å²) in [5.74, 6) is 0.0344. The molecule has 0 atom stereocenters. The number of nitrogens with zero attached hydrogens (tertiary/aromatic N) is 1. The average molecular weight is 282 g/mol. The zero-order valence-corrected chi connectivity index (χ0v) is 12.7. The minimum absolute atomic E-state index is 0.0344. The first-order valence-electron chi connectivity index (χ1n) is 7.34. The second-order valence-corrected chi connectivity index (χ2v) is 5.08. The van der Waals surface area contributed by atoms with Gasteiger partial charge in [-0.3, -0.25) is 4.79 Å². The SMILES string of the molecule is CCN(C(=O)c1ccccc1CCN)c1cccc(C)c1. The lowest BCUT2D eigenvalue weighted by Gasteiger charge is -2.23. The van der Waals surface area contributed by atoms with Gasteiger partial charge in [0.1, 0.15) is 0 Å². The predicted molar refractivity (Wildman–Crippen MR) is 87.7 cm³/mol. The van der Waals surface area contributed by atoms with E-state index in [1.54, 1.807) is 0 Å². The standard InChI is InChI=1S/C18H22N2O/c1-3-20(16-9-6-7-14(2)13-16)18(21)17-10-5-4-8-15(17)11-12-19/h4-10,13H,3,11-12,19H2,1-2H3. The van der Waals surface area contributed by atoms with Gasteiger partial charge in [0.25, 0.3) is 5.91 Å². The second-order valence-electron chi connectivity index (χ2n) is 5.08. The smallest absolute Gasteiger partial charge is 0.258 e. The molecule has 0 spiro atoms. The number of rotatable bonds is 5. The summed E-state index contributed by atoms with van der Waals surface area (Å²) < 4.78 is 0. The maximum Gasteiger partial charge on any atom is 0.258 e. The van der Waals surface area contributed by atoms with E-state index in [1.807, 2.05) is 67.3 Å². The van der Waals surface area contributed by atoms with E-state index < -0.39 is 0 Å². The Morgan fingerprint density at radius 3 is 2.57 bits per heavy atom. The zero-order valence-electron chi connectivity index (χ0n) is 12.7. The molecular weight excluding hydrogens is 260 g/mol. The molecule has 2 aromatic rings. The van der Waals surface area contributed by atoms with Crippen molar-refractivity contribution in [2.24, 2.45) is 5.73 Å². The Kier molecular flexibility index (Phi) is 5.12. The van der Waals surface area contributed by atoms with E-state index >= 15 is 0 Å². The van der Waals surface area contributed by atoms with E-state index in [1.165, 1.54) is 0 Å². The third kappa shape index (κ3) is 3.50. The molecule has 2 N–H and O–H groups in total. The van der Waals surface area contributed by atoms with Gasteiger partial charge in [0.15, 0.2) is 0 Å². The van der Waals surface area contributed by atoms with Crippen LogP contribution in [0.3, 0.4) is 0 Å². The molecule has 3 nitrogen and oxygen atoms in total. The van der Waals surface area contributed by atoms with E-state index in [0.29, 0.717) is 19.5 Å². The number of carbonyl (C=O) groups is 1. The highest BCUT2D eigenvalue weighted by Crippen LogP contribution is 2.20. The van der Waals surface area contributed by atoms with E-state index in [9.17, 15) is 4.79 Å². The molecule has 0 aliphatic rings. The summed E-state index contributed by atoms with van der Waals surface area (Å²) in [6, 6.07) is 15.7. The van der Waals surface area contributed by atoms with Gasteiger partial charge < -0.3 is 10.6 Å². The molecule has 110 valence electrons. The van der Waals surface area contributed by atoms with E-state index in [4.69, 9.17) is 5.73 Å². The van der Waals surface area contributed by atoms with Crippen molar-refractivity contribution < 1.29 is 4.79 Å². The van der Waals surface area contributed by atoms with E-state index in [0.717, 1.165) is 22.4 Å². The Morgan fingerprint density at radius 2 is 1.90 bits per heavy atom. The van der Waals surface area contributed by atoms with Crippen LogP contribution in [0.25, 0.3) is 0 Å². The van der Waals surface area contributed by atoms with Crippen LogP contribution in [-0.2, 0) is 6.42 Å². The molecule has 0 saturated heterocycles. The lowest BCUT2D eigenvalue weighted by atomic mass is 10.0. The molecule has 1 amide bonds. The molecule has 0 unspecified atom stereocenters. The Hall–Kier alpha value is -2.13. The van der Waals surface area contributed by atoms with Gasteiger partial charge in [-0.25, -0.2) is 0 Å². The van der Waals surface area contributed by atoms with E-state index in [-0.39, 0.29) is 5.91 Å². The maximum atomic E-state index is 12.9. The largest absolute Gasteiger partial charge is 0.330 e. The quantitative estimate of drug-likeness (QED) is 0.915. The van der Waals surface area contributed by atoms with Gasteiger partial charge in [0.05, 0.1) is 0 Å². The lowest BCUT2D eigenvalue weighted by molar-refractivity contribution is 0.0987. The minimum Gasteiger partial charge on any atom is -0.330 e. The molecule has 0 fully saturated rings. The summed E-state index contributed by atoms with van der Waals surface area (Å²) in [7, 11) is 0. The Bertz CT molecular complexity index is 622. The first kappa shape index (κ1) is 15.3. The van der Waals surface area contributed by atoms with Crippen molar-refractivity contribution in [2.45, 2.75) is 20.3 Å². The van der Waals surface area contributed by atoms with Crippen LogP contribution < -0.4 is 10.6 Å². The second kappa shape index (κ2) is 7.04. The van der Waals surface area contributed by atoms with Crippen LogP contribution in [0.5, 0.6) is 0 Å². The summed E-state index contributed by atoms with van der Waals surface area (Å²) in [4.78, 5) is 14.7. The van der Waals surface area contributed by atoms with E-state index in [2.05, 4.69) is 0 Å². The number of anilines is 1. The fourth-order valence-corrected chi connectivity index (χ4v) is 2.49. The molecule has 0 saturated carbocycles. The lowest BCUT2D eigenvalue weighted by Crippen LogP contribution is -2.31. The Labute approximate surface area is 126 Å². The summed E-state index contributed by atoms with van der Waals surface area (Å²) in [5.41, 5.74) is 9.48. The zero-order chi connectivity index (χ0) is 15.2. The van der Waals surface area contributed by atoms with Crippen LogP contribution in [0.2, 0.25) is 0 Å². The summed E-state index contributed by atoms with van der Waals surface area (Å²) in [6.45, 7) is 5.20. The van der Waals surface area contributed by atoms with Crippen LogP contribution in [0, 0.1) is 6.92 Å². The Balaban J connectivity index is 2.37. The van der Waals surface area contributed by atoms with Gasteiger partial charge in [-0.15, -0.1) is 0 Å². The highest BCUT2D eigenvalue weighted by Gasteiger charge is 2.18. The molecule has 2 aromatic carbocycles. The fraction of sp³-hybridized carbons (Fsp3) is 0.278. The van der Waals surface area contributed by atoms with Gasteiger partial charge in [-0.1, -0.05) is 30.3 Å². The van der Waals surface area contributed by atoms with Crippen LogP contribution in [0.15, 0.2) is 48.5 Å². The number of benzene rings is 2. The number of aryl methyl sites for hydroxylation is 1. The number of hydrogen-bond acceptors (Lipinski definition) is 2. The topological polar surface area (TPSA) is 46.3 Å². The average Bonchev–Trinajstić information content (AvgIpc) is 2.49. The van der Waals surface area contributed by atoms with Gasteiger partial charge in [-0.2, -0.15) is 0 Å². The number of amides is 1. The van der Waals surface area contributed by atoms with Gasteiger partial charge in [0, 0.05) is 17.8 Å². The molecule has 0 aliphatic heterocycles. The molecular formula is C18H22N2O. The normalized spacial score (nSPS) is 10.4. The predicted octanol–water partition coefficient (Wildman–Crippen LogP) is 3.16.